The highest BCUT2D eigenvalue weighted by atomic mass is 32.2. The highest BCUT2D eigenvalue weighted by Gasteiger charge is 2.33. The Morgan fingerprint density at radius 3 is 2.47 bits per heavy atom. The predicted molar refractivity (Wildman–Crippen MR) is 75.6 cm³/mol. The lowest BCUT2D eigenvalue weighted by Crippen LogP contribution is -2.31. The molecule has 1 aromatic rings. The first kappa shape index (κ1) is 16.2. The summed E-state index contributed by atoms with van der Waals surface area (Å²) in [6.45, 7) is 1.92. The largest absolute Gasteiger partial charge is 0.416 e. The zero-order valence-electron chi connectivity index (χ0n) is 11.3. The molecule has 6 heteroatoms. The lowest BCUT2D eigenvalue weighted by molar-refractivity contribution is -0.138. The molecule has 0 fully saturated rings. The molecule has 0 bridgehead atoms. The Kier molecular flexibility index (Phi) is 5.55. The van der Waals surface area contributed by atoms with Gasteiger partial charge in [0, 0.05) is 31.1 Å². The molecule has 2 nitrogen and oxygen atoms in total. The van der Waals surface area contributed by atoms with Crippen molar-refractivity contribution in [3.05, 3.63) is 29.3 Å². The van der Waals surface area contributed by atoms with Gasteiger partial charge in [-0.05, 0) is 36.9 Å². The average molecular weight is 292 g/mol. The second-order valence-electron chi connectivity index (χ2n) is 4.46. The van der Waals surface area contributed by atoms with Gasteiger partial charge in [0.1, 0.15) is 0 Å². The molecular weight excluding hydrogens is 273 g/mol. The normalized spacial score (nSPS) is 13.4. The maximum absolute atomic E-state index is 12.8. The summed E-state index contributed by atoms with van der Waals surface area (Å²) in [5.74, 6) is 0.912. The van der Waals surface area contributed by atoms with Gasteiger partial charge in [-0.2, -0.15) is 24.9 Å². The zero-order valence-corrected chi connectivity index (χ0v) is 12.1. The summed E-state index contributed by atoms with van der Waals surface area (Å²) in [7, 11) is 1.88. The van der Waals surface area contributed by atoms with Crippen LogP contribution < -0.4 is 10.6 Å². The Hall–Kier alpha value is -0.880. The highest BCUT2D eigenvalue weighted by molar-refractivity contribution is 7.98. The zero-order chi connectivity index (χ0) is 14.6. The van der Waals surface area contributed by atoms with Crippen molar-refractivity contribution in [2.75, 3.05) is 24.0 Å². The van der Waals surface area contributed by atoms with Crippen molar-refractivity contribution in [2.24, 2.45) is 5.73 Å². The van der Waals surface area contributed by atoms with E-state index in [4.69, 9.17) is 5.73 Å². The fraction of sp³-hybridized carbons (Fsp3) is 0.538. The third-order valence-electron chi connectivity index (χ3n) is 3.09. The van der Waals surface area contributed by atoms with Crippen LogP contribution in [-0.2, 0) is 12.7 Å². The number of thioether (sulfide) groups is 1. The molecule has 0 radical (unpaired) electrons. The van der Waals surface area contributed by atoms with Crippen LogP contribution in [0.4, 0.5) is 18.9 Å². The third kappa shape index (κ3) is 4.04. The topological polar surface area (TPSA) is 29.3 Å². The number of anilines is 1. The number of alkyl halides is 3. The second kappa shape index (κ2) is 6.52. The molecule has 0 aliphatic heterocycles. The third-order valence-corrected chi connectivity index (χ3v) is 3.91. The minimum atomic E-state index is -4.35. The van der Waals surface area contributed by atoms with Crippen LogP contribution in [-0.4, -0.2) is 25.1 Å². The monoisotopic (exact) mass is 292 g/mol. The molecule has 0 amide bonds. The van der Waals surface area contributed by atoms with E-state index in [0.717, 1.165) is 17.5 Å². The number of nitrogens with two attached hydrogens (primary N) is 1. The van der Waals surface area contributed by atoms with Gasteiger partial charge < -0.3 is 10.6 Å². The molecule has 0 aromatic heterocycles. The molecule has 2 N–H and O–H groups in total. The maximum atomic E-state index is 12.8. The van der Waals surface area contributed by atoms with Crippen LogP contribution in [0.3, 0.4) is 0 Å². The van der Waals surface area contributed by atoms with Crippen LogP contribution in [0.25, 0.3) is 0 Å². The molecule has 1 unspecified atom stereocenters. The smallest absolute Gasteiger partial charge is 0.371 e. The predicted octanol–water partition coefficient (Wildman–Crippen LogP) is 3.35. The van der Waals surface area contributed by atoms with Gasteiger partial charge in [0.25, 0.3) is 0 Å². The molecule has 1 aromatic carbocycles. The summed E-state index contributed by atoms with van der Waals surface area (Å²) in [6, 6.07) is 4.38. The van der Waals surface area contributed by atoms with E-state index in [2.05, 4.69) is 0 Å². The molecule has 1 rings (SSSR count). The van der Waals surface area contributed by atoms with Crippen LogP contribution in [0.5, 0.6) is 0 Å². The molecule has 0 aliphatic carbocycles. The van der Waals surface area contributed by atoms with E-state index in [-0.39, 0.29) is 18.2 Å². The van der Waals surface area contributed by atoms with Crippen LogP contribution >= 0.6 is 11.8 Å². The van der Waals surface area contributed by atoms with E-state index in [1.54, 1.807) is 11.8 Å². The van der Waals surface area contributed by atoms with E-state index in [9.17, 15) is 13.2 Å². The van der Waals surface area contributed by atoms with E-state index in [0.29, 0.717) is 0 Å². The van der Waals surface area contributed by atoms with Gasteiger partial charge >= 0.3 is 6.18 Å². The van der Waals surface area contributed by atoms with Gasteiger partial charge in [-0.15, -0.1) is 0 Å². The Morgan fingerprint density at radius 2 is 2.00 bits per heavy atom. The molecule has 1 atom stereocenters. The van der Waals surface area contributed by atoms with Crippen molar-refractivity contribution < 1.29 is 13.2 Å². The number of rotatable bonds is 5. The van der Waals surface area contributed by atoms with E-state index in [1.807, 2.05) is 25.1 Å². The van der Waals surface area contributed by atoms with Crippen molar-refractivity contribution in [3.8, 4) is 0 Å². The van der Waals surface area contributed by atoms with E-state index < -0.39 is 11.7 Å². The lowest BCUT2D eigenvalue weighted by Gasteiger charge is -2.27. The maximum Gasteiger partial charge on any atom is 0.416 e. The molecule has 0 saturated carbocycles. The summed E-state index contributed by atoms with van der Waals surface area (Å²) < 4.78 is 38.3. The minimum Gasteiger partial charge on any atom is -0.371 e. The van der Waals surface area contributed by atoms with Gasteiger partial charge in [-0.1, -0.05) is 0 Å². The average Bonchev–Trinajstić information content (AvgIpc) is 2.36. The first-order chi connectivity index (χ1) is 8.81. The van der Waals surface area contributed by atoms with Crippen molar-refractivity contribution in [3.63, 3.8) is 0 Å². The SMILES string of the molecule is CSCC(C)N(C)c1ccc(C(F)(F)F)c(CN)c1. The van der Waals surface area contributed by atoms with Crippen LogP contribution in [0.1, 0.15) is 18.1 Å². The molecular formula is C13H19F3N2S. The summed E-state index contributed by atoms with van der Waals surface area (Å²) in [6.07, 6.45) is -2.35. The summed E-state index contributed by atoms with van der Waals surface area (Å²) in [5.41, 5.74) is 5.67. The van der Waals surface area contributed by atoms with Crippen molar-refractivity contribution in [1.82, 2.24) is 0 Å². The standard InChI is InChI=1S/C13H19F3N2S/c1-9(8-19-3)18(2)11-4-5-12(13(14,15)16)10(6-11)7-17/h4-6,9H,7-8,17H2,1-3H3. The number of benzene rings is 1. The van der Waals surface area contributed by atoms with Crippen molar-refractivity contribution in [2.45, 2.75) is 25.7 Å². The fourth-order valence-corrected chi connectivity index (χ4v) is 2.56. The first-order valence-corrected chi connectivity index (χ1v) is 7.32. The van der Waals surface area contributed by atoms with Crippen molar-refractivity contribution in [1.29, 1.82) is 0 Å². The second-order valence-corrected chi connectivity index (χ2v) is 5.37. The quantitative estimate of drug-likeness (QED) is 0.902. The van der Waals surface area contributed by atoms with Gasteiger partial charge in [-0.25, -0.2) is 0 Å². The summed E-state index contributed by atoms with van der Waals surface area (Å²) in [4.78, 5) is 1.97. The number of nitrogens with zero attached hydrogens (tertiary/aromatic N) is 1. The Balaban J connectivity index is 3.06. The molecule has 0 saturated heterocycles. The van der Waals surface area contributed by atoms with E-state index in [1.165, 1.54) is 12.1 Å². The molecule has 0 spiro atoms. The number of hydrogen-bond acceptors (Lipinski definition) is 3. The van der Waals surface area contributed by atoms with E-state index >= 15 is 0 Å². The fourth-order valence-electron chi connectivity index (χ4n) is 1.85. The Labute approximate surface area is 116 Å². The summed E-state index contributed by atoms with van der Waals surface area (Å²) >= 11 is 1.70. The van der Waals surface area contributed by atoms with Crippen LogP contribution in [0.15, 0.2) is 18.2 Å². The number of halogens is 3. The summed E-state index contributed by atoms with van der Waals surface area (Å²) in [5, 5.41) is 0. The van der Waals surface area contributed by atoms with Crippen LogP contribution in [0.2, 0.25) is 0 Å². The molecule has 0 heterocycles. The molecule has 19 heavy (non-hydrogen) atoms. The Morgan fingerprint density at radius 1 is 1.37 bits per heavy atom. The minimum absolute atomic E-state index is 0.118. The lowest BCUT2D eigenvalue weighted by atomic mass is 10.1. The number of hydrogen-bond donors (Lipinski definition) is 1. The molecule has 0 aliphatic rings. The first-order valence-electron chi connectivity index (χ1n) is 5.93. The van der Waals surface area contributed by atoms with Gasteiger partial charge in [0.05, 0.1) is 5.56 Å². The highest BCUT2D eigenvalue weighted by Crippen LogP contribution is 2.34. The molecule has 108 valence electrons. The van der Waals surface area contributed by atoms with Gasteiger partial charge in [0.2, 0.25) is 0 Å². The Bertz CT molecular complexity index is 421. The van der Waals surface area contributed by atoms with Crippen molar-refractivity contribution >= 4 is 17.4 Å². The van der Waals surface area contributed by atoms with Gasteiger partial charge in [0.15, 0.2) is 0 Å². The van der Waals surface area contributed by atoms with Crippen LogP contribution in [0, 0.1) is 0 Å². The van der Waals surface area contributed by atoms with Gasteiger partial charge in [-0.3, -0.25) is 0 Å².